The fourth-order valence-electron chi connectivity index (χ4n) is 2.12. The molecule has 0 saturated carbocycles. The largest absolute Gasteiger partial charge is 0.497 e. The van der Waals surface area contributed by atoms with E-state index in [0.717, 1.165) is 17.6 Å². The highest BCUT2D eigenvalue weighted by Gasteiger charge is 2.31. The maximum absolute atomic E-state index is 11.1. The molecule has 0 aliphatic carbocycles. The van der Waals surface area contributed by atoms with Gasteiger partial charge in [-0.3, -0.25) is 0 Å². The molecule has 1 saturated heterocycles. The molecular weight excluding hydrogens is 276 g/mol. The Balaban J connectivity index is 2.00. The molecule has 1 aromatic carbocycles. The first-order chi connectivity index (χ1) is 10.3. The van der Waals surface area contributed by atoms with Gasteiger partial charge in [-0.15, -0.1) is 0 Å². The molecule has 2 unspecified atom stereocenters. The Morgan fingerprint density at radius 1 is 1.33 bits per heavy atom. The number of carbonyl (C=O) groups is 1. The predicted molar refractivity (Wildman–Crippen MR) is 74.0 cm³/mol. The Morgan fingerprint density at radius 2 is 2.10 bits per heavy atom. The predicted octanol–water partition coefficient (Wildman–Crippen LogP) is 1.69. The van der Waals surface area contributed by atoms with Crippen LogP contribution in [-0.2, 0) is 23.7 Å². The minimum Gasteiger partial charge on any atom is -0.497 e. The minimum absolute atomic E-state index is 0.0529. The SMILES string of the molecule is COCOC(C=O)[C@@H]1CCOC(c2ccc(OC)cc2)O1. The fraction of sp³-hybridized carbons (Fsp3) is 0.533. The molecule has 2 rings (SSSR count). The minimum atomic E-state index is -0.658. The Morgan fingerprint density at radius 3 is 2.71 bits per heavy atom. The van der Waals surface area contributed by atoms with Crippen LogP contribution >= 0.6 is 0 Å². The maximum Gasteiger partial charge on any atom is 0.184 e. The molecule has 1 heterocycles. The van der Waals surface area contributed by atoms with E-state index in [9.17, 15) is 4.79 Å². The average Bonchev–Trinajstić information content (AvgIpc) is 2.56. The summed E-state index contributed by atoms with van der Waals surface area (Å²) in [5.74, 6) is 0.764. The summed E-state index contributed by atoms with van der Waals surface area (Å²) in [6, 6.07) is 7.42. The lowest BCUT2D eigenvalue weighted by molar-refractivity contribution is -0.244. The first-order valence-electron chi connectivity index (χ1n) is 6.75. The molecule has 0 bridgehead atoms. The fourth-order valence-corrected chi connectivity index (χ4v) is 2.12. The second kappa shape index (κ2) is 8.09. The van der Waals surface area contributed by atoms with Crippen molar-refractivity contribution in [3.8, 4) is 5.75 Å². The molecule has 1 aliphatic rings. The van der Waals surface area contributed by atoms with Crippen LogP contribution in [0.1, 0.15) is 18.3 Å². The van der Waals surface area contributed by atoms with Crippen LogP contribution in [0.3, 0.4) is 0 Å². The lowest BCUT2D eigenvalue weighted by atomic mass is 10.1. The average molecular weight is 296 g/mol. The quantitative estimate of drug-likeness (QED) is 0.563. The van der Waals surface area contributed by atoms with Gasteiger partial charge >= 0.3 is 0 Å². The van der Waals surface area contributed by atoms with Crippen molar-refractivity contribution in [2.75, 3.05) is 27.6 Å². The summed E-state index contributed by atoms with van der Waals surface area (Å²) in [6.45, 7) is 0.555. The number of aldehydes is 1. The number of rotatable bonds is 7. The van der Waals surface area contributed by atoms with Gasteiger partial charge in [0, 0.05) is 19.1 Å². The summed E-state index contributed by atoms with van der Waals surface area (Å²) < 4.78 is 26.7. The van der Waals surface area contributed by atoms with Crippen LogP contribution in [0.2, 0.25) is 0 Å². The molecule has 0 spiro atoms. The Labute approximate surface area is 123 Å². The lowest BCUT2D eigenvalue weighted by Crippen LogP contribution is -2.39. The third-order valence-electron chi connectivity index (χ3n) is 3.24. The van der Waals surface area contributed by atoms with Crippen LogP contribution in [-0.4, -0.2) is 46.1 Å². The highest BCUT2D eigenvalue weighted by atomic mass is 16.7. The standard InChI is InChI=1S/C15H20O6/c1-17-10-20-14(9-16)13-7-8-19-15(21-13)11-3-5-12(18-2)6-4-11/h3-6,9,13-15H,7-8,10H2,1-2H3/t13-,14?,15?/m0/s1. The Hall–Kier alpha value is -1.47. The van der Waals surface area contributed by atoms with Crippen molar-refractivity contribution in [3.05, 3.63) is 29.8 Å². The summed E-state index contributed by atoms with van der Waals surface area (Å²) in [4.78, 5) is 11.1. The maximum atomic E-state index is 11.1. The van der Waals surface area contributed by atoms with Crippen LogP contribution in [0.4, 0.5) is 0 Å². The van der Waals surface area contributed by atoms with Gasteiger partial charge in [0.15, 0.2) is 12.6 Å². The summed E-state index contributed by atoms with van der Waals surface area (Å²) in [5.41, 5.74) is 0.872. The smallest absolute Gasteiger partial charge is 0.184 e. The van der Waals surface area contributed by atoms with Crippen molar-refractivity contribution in [1.82, 2.24) is 0 Å². The van der Waals surface area contributed by atoms with E-state index in [2.05, 4.69) is 0 Å². The van der Waals surface area contributed by atoms with Gasteiger partial charge in [0.25, 0.3) is 0 Å². The number of benzene rings is 1. The van der Waals surface area contributed by atoms with E-state index in [-0.39, 0.29) is 12.9 Å². The molecule has 0 N–H and O–H groups in total. The zero-order valence-electron chi connectivity index (χ0n) is 12.2. The molecule has 0 amide bonds. The molecule has 6 heteroatoms. The van der Waals surface area contributed by atoms with E-state index in [1.165, 1.54) is 7.11 Å². The van der Waals surface area contributed by atoms with Crippen LogP contribution in [0, 0.1) is 0 Å². The van der Waals surface area contributed by atoms with Crippen LogP contribution in [0.25, 0.3) is 0 Å². The van der Waals surface area contributed by atoms with Gasteiger partial charge in [0.05, 0.1) is 19.8 Å². The van der Waals surface area contributed by atoms with Gasteiger partial charge in [-0.1, -0.05) is 12.1 Å². The zero-order chi connectivity index (χ0) is 15.1. The van der Waals surface area contributed by atoms with E-state index in [1.807, 2.05) is 24.3 Å². The van der Waals surface area contributed by atoms with Gasteiger partial charge in [0.1, 0.15) is 18.6 Å². The number of hydrogen-bond donors (Lipinski definition) is 0. The first-order valence-corrected chi connectivity index (χ1v) is 6.75. The van der Waals surface area contributed by atoms with E-state index in [1.54, 1.807) is 7.11 Å². The summed E-state index contributed by atoms with van der Waals surface area (Å²) >= 11 is 0. The second-order valence-electron chi connectivity index (χ2n) is 4.61. The summed E-state index contributed by atoms with van der Waals surface area (Å²) in [7, 11) is 3.12. The molecule has 1 aliphatic heterocycles. The Bertz CT molecular complexity index is 432. The lowest BCUT2D eigenvalue weighted by Gasteiger charge is -2.33. The van der Waals surface area contributed by atoms with Crippen LogP contribution in [0.5, 0.6) is 5.75 Å². The summed E-state index contributed by atoms with van der Waals surface area (Å²) in [5, 5.41) is 0. The number of ether oxygens (including phenoxy) is 5. The zero-order valence-corrected chi connectivity index (χ0v) is 12.2. The van der Waals surface area contributed by atoms with Crippen molar-refractivity contribution in [2.24, 2.45) is 0 Å². The van der Waals surface area contributed by atoms with Crippen molar-refractivity contribution in [1.29, 1.82) is 0 Å². The molecule has 116 valence electrons. The van der Waals surface area contributed by atoms with E-state index < -0.39 is 12.4 Å². The molecule has 3 atom stereocenters. The van der Waals surface area contributed by atoms with Gasteiger partial charge in [-0.2, -0.15) is 0 Å². The summed E-state index contributed by atoms with van der Waals surface area (Å²) in [6.07, 6.45) is -0.184. The number of carbonyl (C=O) groups excluding carboxylic acids is 1. The molecule has 6 nitrogen and oxygen atoms in total. The third-order valence-corrected chi connectivity index (χ3v) is 3.24. The monoisotopic (exact) mass is 296 g/mol. The van der Waals surface area contributed by atoms with Crippen molar-refractivity contribution >= 4 is 6.29 Å². The van der Waals surface area contributed by atoms with E-state index >= 15 is 0 Å². The highest BCUT2D eigenvalue weighted by Crippen LogP contribution is 2.29. The van der Waals surface area contributed by atoms with Gasteiger partial charge < -0.3 is 28.5 Å². The van der Waals surface area contributed by atoms with Crippen molar-refractivity contribution < 1.29 is 28.5 Å². The normalized spacial score (nSPS) is 23.5. The van der Waals surface area contributed by atoms with E-state index in [0.29, 0.717) is 13.0 Å². The topological polar surface area (TPSA) is 63.2 Å². The van der Waals surface area contributed by atoms with Gasteiger partial charge in [-0.05, 0) is 12.1 Å². The van der Waals surface area contributed by atoms with Crippen molar-refractivity contribution in [2.45, 2.75) is 24.9 Å². The van der Waals surface area contributed by atoms with Crippen molar-refractivity contribution in [3.63, 3.8) is 0 Å². The van der Waals surface area contributed by atoms with Crippen LogP contribution < -0.4 is 4.74 Å². The number of methoxy groups -OCH3 is 2. The Kier molecular flexibility index (Phi) is 6.13. The molecule has 1 aromatic rings. The molecule has 0 radical (unpaired) electrons. The first kappa shape index (κ1) is 15.9. The second-order valence-corrected chi connectivity index (χ2v) is 4.61. The molecule has 1 fully saturated rings. The highest BCUT2D eigenvalue weighted by molar-refractivity contribution is 5.57. The van der Waals surface area contributed by atoms with Gasteiger partial charge in [0.2, 0.25) is 0 Å². The molecule has 0 aromatic heterocycles. The number of hydrogen-bond acceptors (Lipinski definition) is 6. The molecule has 21 heavy (non-hydrogen) atoms. The van der Waals surface area contributed by atoms with Crippen LogP contribution in [0.15, 0.2) is 24.3 Å². The van der Waals surface area contributed by atoms with E-state index in [4.69, 9.17) is 23.7 Å². The third kappa shape index (κ3) is 4.25. The van der Waals surface area contributed by atoms with Gasteiger partial charge in [-0.25, -0.2) is 0 Å². The molecular formula is C15H20O6.